The number of halogens is 1. The highest BCUT2D eigenvalue weighted by molar-refractivity contribution is 5.93. The van der Waals surface area contributed by atoms with Crippen molar-refractivity contribution in [2.75, 3.05) is 23.3 Å². The van der Waals surface area contributed by atoms with E-state index in [1.165, 1.54) is 44.2 Å². The van der Waals surface area contributed by atoms with Crippen LogP contribution >= 0.6 is 0 Å². The van der Waals surface area contributed by atoms with E-state index in [2.05, 4.69) is 22.3 Å². The summed E-state index contributed by atoms with van der Waals surface area (Å²) < 4.78 is 13.8. The number of hydrogen-bond donors (Lipinski definition) is 1. The molecule has 1 heterocycles. The molecule has 1 aliphatic heterocycles. The van der Waals surface area contributed by atoms with Crippen molar-refractivity contribution in [3.63, 3.8) is 0 Å². The van der Waals surface area contributed by atoms with Gasteiger partial charge in [0.1, 0.15) is 5.67 Å². The van der Waals surface area contributed by atoms with Crippen molar-refractivity contribution in [3.05, 3.63) is 23.3 Å². The topological polar surface area (TPSA) is 32.3 Å². The predicted octanol–water partition coefficient (Wildman–Crippen LogP) is 5.29. The molecule has 2 aliphatic carbocycles. The van der Waals surface area contributed by atoms with Gasteiger partial charge in [0.2, 0.25) is 5.91 Å². The summed E-state index contributed by atoms with van der Waals surface area (Å²) in [5.74, 6) is -0.204. The first-order valence-electron chi connectivity index (χ1n) is 10.2. The summed E-state index contributed by atoms with van der Waals surface area (Å²) in [5.41, 5.74) is 3.63. The monoisotopic (exact) mass is 358 g/mol. The summed E-state index contributed by atoms with van der Waals surface area (Å²) in [7, 11) is 0. The molecular weight excluding hydrogens is 327 g/mol. The number of alkyl halides is 1. The third kappa shape index (κ3) is 3.60. The molecule has 0 bridgehead atoms. The van der Waals surface area contributed by atoms with Crippen LogP contribution in [-0.4, -0.2) is 24.7 Å². The van der Waals surface area contributed by atoms with E-state index in [9.17, 15) is 9.18 Å². The van der Waals surface area contributed by atoms with Gasteiger partial charge in [-0.05, 0) is 81.0 Å². The third-order valence-corrected chi connectivity index (χ3v) is 6.91. The molecule has 1 spiro atoms. The molecular formula is C22H31FN2O. The zero-order valence-corrected chi connectivity index (χ0v) is 16.2. The van der Waals surface area contributed by atoms with Gasteiger partial charge in [-0.15, -0.1) is 0 Å². The molecule has 3 aliphatic rings. The van der Waals surface area contributed by atoms with E-state index < -0.39 is 5.67 Å². The fourth-order valence-electron chi connectivity index (χ4n) is 4.97. The number of nitrogens with zero attached hydrogens (tertiary/aromatic N) is 1. The Labute approximate surface area is 156 Å². The van der Waals surface area contributed by atoms with Crippen LogP contribution in [0.1, 0.15) is 68.9 Å². The van der Waals surface area contributed by atoms with Gasteiger partial charge >= 0.3 is 0 Å². The predicted molar refractivity (Wildman–Crippen MR) is 105 cm³/mol. The molecule has 1 aromatic carbocycles. The summed E-state index contributed by atoms with van der Waals surface area (Å²) in [5, 5.41) is 2.95. The van der Waals surface area contributed by atoms with Gasteiger partial charge in [0, 0.05) is 24.5 Å². The van der Waals surface area contributed by atoms with Gasteiger partial charge in [-0.25, -0.2) is 4.39 Å². The van der Waals surface area contributed by atoms with E-state index >= 15 is 0 Å². The largest absolute Gasteiger partial charge is 0.371 e. The van der Waals surface area contributed by atoms with Crippen molar-refractivity contribution in [1.29, 1.82) is 0 Å². The van der Waals surface area contributed by atoms with Gasteiger partial charge in [0.05, 0.1) is 6.42 Å². The summed E-state index contributed by atoms with van der Waals surface area (Å²) in [6.45, 7) is 6.34. The van der Waals surface area contributed by atoms with Crippen LogP contribution in [0.3, 0.4) is 0 Å². The Morgan fingerprint density at radius 2 is 1.62 bits per heavy atom. The van der Waals surface area contributed by atoms with Crippen molar-refractivity contribution in [3.8, 4) is 0 Å². The van der Waals surface area contributed by atoms with Crippen molar-refractivity contribution < 1.29 is 9.18 Å². The summed E-state index contributed by atoms with van der Waals surface area (Å²) in [6, 6.07) is 4.36. The molecule has 1 N–H and O–H groups in total. The van der Waals surface area contributed by atoms with E-state index in [0.29, 0.717) is 18.3 Å². The number of piperidine rings is 1. The van der Waals surface area contributed by atoms with Crippen molar-refractivity contribution in [2.24, 2.45) is 5.41 Å². The highest BCUT2D eigenvalue weighted by Crippen LogP contribution is 2.47. The van der Waals surface area contributed by atoms with Gasteiger partial charge in [0.15, 0.2) is 0 Å². The molecule has 3 fully saturated rings. The molecule has 4 rings (SSSR count). The highest BCUT2D eigenvalue weighted by atomic mass is 19.1. The second kappa shape index (κ2) is 6.54. The number of rotatable bonds is 4. The lowest BCUT2D eigenvalue weighted by atomic mass is 9.77. The lowest BCUT2D eigenvalue weighted by Gasteiger charge is -2.40. The van der Waals surface area contributed by atoms with Gasteiger partial charge in [0.25, 0.3) is 0 Å². The molecule has 2 saturated carbocycles. The van der Waals surface area contributed by atoms with E-state index in [4.69, 9.17) is 0 Å². The smallest absolute Gasteiger partial charge is 0.227 e. The highest BCUT2D eigenvalue weighted by Gasteiger charge is 2.45. The molecule has 4 heteroatoms. The number of nitrogens with one attached hydrogen (secondary N) is 1. The normalized spacial score (nSPS) is 23.3. The van der Waals surface area contributed by atoms with Crippen LogP contribution in [0.2, 0.25) is 0 Å². The molecule has 1 amide bonds. The van der Waals surface area contributed by atoms with Crippen LogP contribution in [0, 0.1) is 19.3 Å². The van der Waals surface area contributed by atoms with Gasteiger partial charge in [-0.2, -0.15) is 0 Å². The Bertz CT molecular complexity index is 671. The minimum atomic E-state index is -1.24. The quantitative estimate of drug-likeness (QED) is 0.792. The Hall–Kier alpha value is -1.58. The summed E-state index contributed by atoms with van der Waals surface area (Å²) in [6.07, 6.45) is 9.30. The zero-order chi connectivity index (χ0) is 18.4. The van der Waals surface area contributed by atoms with Crippen LogP contribution in [0.4, 0.5) is 15.8 Å². The van der Waals surface area contributed by atoms with Crippen molar-refractivity contribution in [2.45, 2.75) is 77.3 Å². The number of hydrogen-bond acceptors (Lipinski definition) is 2. The first-order valence-corrected chi connectivity index (χ1v) is 10.2. The Balaban J connectivity index is 1.43. The van der Waals surface area contributed by atoms with E-state index in [-0.39, 0.29) is 12.3 Å². The molecule has 1 aromatic rings. The van der Waals surface area contributed by atoms with E-state index in [1.807, 2.05) is 13.8 Å². The molecule has 0 atom stereocenters. The molecule has 0 unspecified atom stereocenters. The second-order valence-electron chi connectivity index (χ2n) is 9.02. The number of amides is 1. The number of carbonyl (C=O) groups is 1. The minimum absolute atomic E-state index is 0.0121. The maximum atomic E-state index is 13.8. The van der Waals surface area contributed by atoms with E-state index in [0.717, 1.165) is 29.9 Å². The third-order valence-electron chi connectivity index (χ3n) is 6.91. The van der Waals surface area contributed by atoms with Gasteiger partial charge in [-0.3, -0.25) is 4.79 Å². The average molecular weight is 359 g/mol. The molecule has 1 saturated heterocycles. The lowest BCUT2D eigenvalue weighted by molar-refractivity contribution is -0.117. The standard InChI is InChI=1S/C22H31FN2O/c1-16-13-18(25-11-9-21(10-12-25)5-3-4-6-21)14-17(2)20(16)24-19(26)15-22(23)7-8-22/h13-14H,3-12,15H2,1-2H3,(H,24,26). The Morgan fingerprint density at radius 1 is 1.04 bits per heavy atom. The lowest BCUT2D eigenvalue weighted by Crippen LogP contribution is -2.38. The van der Waals surface area contributed by atoms with Gasteiger partial charge in [-0.1, -0.05) is 12.8 Å². The number of benzene rings is 1. The first-order chi connectivity index (χ1) is 12.4. The summed E-state index contributed by atoms with van der Waals surface area (Å²) in [4.78, 5) is 14.6. The fraction of sp³-hybridized carbons (Fsp3) is 0.682. The molecule has 3 nitrogen and oxygen atoms in total. The maximum Gasteiger partial charge on any atom is 0.227 e. The number of aryl methyl sites for hydroxylation is 2. The zero-order valence-electron chi connectivity index (χ0n) is 16.2. The van der Waals surface area contributed by atoms with E-state index in [1.54, 1.807) is 0 Å². The summed E-state index contributed by atoms with van der Waals surface area (Å²) >= 11 is 0. The SMILES string of the molecule is Cc1cc(N2CCC3(CCCC3)CC2)cc(C)c1NC(=O)CC1(F)CC1. The van der Waals surface area contributed by atoms with Crippen LogP contribution < -0.4 is 10.2 Å². The van der Waals surface area contributed by atoms with Crippen LogP contribution in [0.5, 0.6) is 0 Å². The van der Waals surface area contributed by atoms with Crippen molar-refractivity contribution >= 4 is 17.3 Å². The van der Waals surface area contributed by atoms with Gasteiger partial charge < -0.3 is 10.2 Å². The molecule has 0 aromatic heterocycles. The molecule has 142 valence electrons. The number of anilines is 2. The minimum Gasteiger partial charge on any atom is -0.371 e. The first kappa shape index (κ1) is 17.8. The molecule has 0 radical (unpaired) electrons. The average Bonchev–Trinajstić information content (AvgIpc) is 3.14. The maximum absolute atomic E-state index is 13.8. The second-order valence-corrected chi connectivity index (χ2v) is 9.02. The molecule has 26 heavy (non-hydrogen) atoms. The Kier molecular flexibility index (Phi) is 4.48. The number of carbonyl (C=O) groups excluding carboxylic acids is 1. The Morgan fingerprint density at radius 3 is 2.15 bits per heavy atom. The van der Waals surface area contributed by atoms with Crippen molar-refractivity contribution in [1.82, 2.24) is 0 Å². The van der Waals surface area contributed by atoms with Crippen LogP contribution in [0.15, 0.2) is 12.1 Å². The fourth-order valence-corrected chi connectivity index (χ4v) is 4.97. The van der Waals surface area contributed by atoms with Crippen LogP contribution in [0.25, 0.3) is 0 Å². The van der Waals surface area contributed by atoms with Crippen LogP contribution in [-0.2, 0) is 4.79 Å².